The Labute approximate surface area is 424 Å². The lowest BCUT2D eigenvalue weighted by molar-refractivity contribution is -0.267. The van der Waals surface area contributed by atoms with Gasteiger partial charge in [0.15, 0.2) is 41.5 Å². The molecule has 71 heavy (non-hydrogen) atoms. The predicted octanol–water partition coefficient (Wildman–Crippen LogP) is 7.99. The van der Waals surface area contributed by atoms with E-state index in [-0.39, 0.29) is 65.4 Å². The average molecular weight is 1050 g/mol. The molecule has 4 heterocycles. The zero-order valence-corrected chi connectivity index (χ0v) is 47.5. The molecule has 0 aliphatic carbocycles. The van der Waals surface area contributed by atoms with Crippen LogP contribution in [0.2, 0.25) is 0 Å². The quantitative estimate of drug-likeness (QED) is 0.0573. The zero-order chi connectivity index (χ0) is 54.4. The van der Waals surface area contributed by atoms with Crippen molar-refractivity contribution in [2.45, 2.75) is 211 Å². The molecule has 21 heteroatoms. The third-order valence-corrected chi connectivity index (χ3v) is 15.5. The second kappa shape index (κ2) is 25.1. The van der Waals surface area contributed by atoms with E-state index in [4.69, 9.17) is 47.4 Å². The summed E-state index contributed by atoms with van der Waals surface area (Å²) in [6.45, 7) is 23.8. The topological polar surface area (TPSA) is 201 Å². The first kappa shape index (κ1) is 62.5. The van der Waals surface area contributed by atoms with E-state index < -0.39 is 88.3 Å². The van der Waals surface area contributed by atoms with Crippen molar-refractivity contribution in [2.24, 2.45) is 17.8 Å². The molecule has 0 radical (unpaired) electrons. The summed E-state index contributed by atoms with van der Waals surface area (Å²) in [6, 6.07) is -0.132. The van der Waals surface area contributed by atoms with Gasteiger partial charge in [0, 0.05) is 78.2 Å². The second-order valence-corrected chi connectivity index (χ2v) is 23.3. The molecule has 5 unspecified atom stereocenters. The fourth-order valence-corrected chi connectivity index (χ4v) is 11.6. The first-order valence-corrected chi connectivity index (χ1v) is 26.0. The number of esters is 2. The van der Waals surface area contributed by atoms with Crippen LogP contribution in [-0.2, 0) is 75.7 Å². The van der Waals surface area contributed by atoms with Crippen LogP contribution < -0.4 is 0 Å². The highest BCUT2D eigenvalue weighted by molar-refractivity contribution is 7.25. The van der Waals surface area contributed by atoms with Gasteiger partial charge in [-0.05, 0) is 95.9 Å². The van der Waals surface area contributed by atoms with E-state index in [0.717, 1.165) is 6.29 Å². The summed E-state index contributed by atoms with van der Waals surface area (Å²) in [4.78, 5) is 52.2. The maximum Gasteiger partial charge on any atom is 0.340 e. The number of alkyl halides is 1. The van der Waals surface area contributed by atoms with Crippen molar-refractivity contribution in [1.29, 1.82) is 0 Å². The molecule has 0 aromatic heterocycles. The van der Waals surface area contributed by atoms with Gasteiger partial charge in [-0.3, -0.25) is 13.9 Å². The summed E-state index contributed by atoms with van der Waals surface area (Å²) in [5.41, 5.74) is -4.94. The summed E-state index contributed by atoms with van der Waals surface area (Å²) in [5.74, 6) is -4.09. The lowest BCUT2D eigenvalue weighted by atomic mass is 9.80. The smallest absolute Gasteiger partial charge is 0.340 e. The molecule has 0 aromatic rings. The Morgan fingerprint density at radius 1 is 0.704 bits per heavy atom. The van der Waals surface area contributed by atoms with Gasteiger partial charge in [0.2, 0.25) is 11.6 Å². The van der Waals surface area contributed by atoms with E-state index in [1.165, 1.54) is 14.0 Å². The molecule has 16 atom stereocenters. The molecule has 2 saturated heterocycles. The lowest BCUT2D eigenvalue weighted by Crippen LogP contribution is -2.58. The molecule has 0 bridgehead atoms. The molecule has 0 spiro atoms. The normalized spacial score (nSPS) is 31.5. The van der Waals surface area contributed by atoms with Crippen molar-refractivity contribution in [2.75, 3.05) is 42.4 Å². The molecule has 0 amide bonds. The molecule has 18 nitrogen and oxygen atoms in total. The third-order valence-electron chi connectivity index (χ3n) is 13.9. The Kier molecular flexibility index (Phi) is 22.1. The van der Waals surface area contributed by atoms with Gasteiger partial charge in [0.1, 0.15) is 29.1 Å². The number of aldehydes is 2. The van der Waals surface area contributed by atoms with Crippen molar-refractivity contribution in [3.05, 3.63) is 22.7 Å². The zero-order valence-electron chi connectivity index (χ0n) is 45.7. The summed E-state index contributed by atoms with van der Waals surface area (Å²) < 4.78 is 99.8. The number of hydrogen-bond acceptors (Lipinski definition) is 18. The van der Waals surface area contributed by atoms with E-state index in [0.29, 0.717) is 36.4 Å². The highest BCUT2D eigenvalue weighted by atomic mass is 31.1. The van der Waals surface area contributed by atoms with Crippen LogP contribution in [0.5, 0.6) is 0 Å². The Balaban J connectivity index is 0.000000375. The van der Waals surface area contributed by atoms with Crippen LogP contribution in [0.4, 0.5) is 4.39 Å². The van der Waals surface area contributed by atoms with Gasteiger partial charge in [0.25, 0.3) is 0 Å². The van der Waals surface area contributed by atoms with Crippen LogP contribution in [0.1, 0.15) is 123 Å². The van der Waals surface area contributed by atoms with Crippen molar-refractivity contribution in [3.63, 3.8) is 0 Å². The van der Waals surface area contributed by atoms with Crippen molar-refractivity contribution in [3.8, 4) is 0 Å². The van der Waals surface area contributed by atoms with E-state index >= 15 is 4.39 Å². The Hall–Kier alpha value is -2.83. The number of carbonyl (C=O) groups excluding carboxylic acids is 4. The van der Waals surface area contributed by atoms with Crippen LogP contribution in [-0.4, -0.2) is 166 Å². The fraction of sp³-hybridized carbons (Fsp3) is 0.840. The van der Waals surface area contributed by atoms with Gasteiger partial charge in [0.05, 0.1) is 46.8 Å². The van der Waals surface area contributed by atoms with Crippen LogP contribution in [0, 0.1) is 17.8 Å². The van der Waals surface area contributed by atoms with Gasteiger partial charge < -0.3 is 62.0 Å². The molecule has 406 valence electrons. The highest BCUT2D eigenvalue weighted by Gasteiger charge is 2.53. The van der Waals surface area contributed by atoms with Crippen LogP contribution in [0.3, 0.4) is 0 Å². The molecule has 0 saturated carbocycles. The number of cyclic esters (lactones) is 2. The van der Waals surface area contributed by atoms with Crippen molar-refractivity contribution >= 4 is 41.4 Å². The van der Waals surface area contributed by atoms with E-state index in [1.54, 1.807) is 62.5 Å². The number of ether oxygens (including phenoxy) is 10. The molecular formula is C50H83FN2O16P2. The van der Waals surface area contributed by atoms with Gasteiger partial charge in [-0.15, -0.1) is 0 Å². The largest absolute Gasteiger partial charge is 0.456 e. The number of halogens is 1. The Bertz CT molecular complexity index is 1950. The monoisotopic (exact) mass is 1050 g/mol. The number of rotatable bonds is 22. The van der Waals surface area contributed by atoms with Gasteiger partial charge in [-0.1, -0.05) is 20.8 Å². The first-order chi connectivity index (χ1) is 32.7. The van der Waals surface area contributed by atoms with Crippen LogP contribution in [0.15, 0.2) is 22.7 Å². The number of carbonyl (C=O) groups is 4. The standard InChI is InChI=1S/C25H41FNO8P.C25H42NO8P/c1-14-11-17(27(8)9)19(36-30)22(32-14)33-20(25(7,31-10)12-24(6,26)13-28)15(2)18-16(3)21(29)35-23(4,5)34-18;1-14(13-27)12-25(7,30-10)21(16(3)19-17(4)22(28)34-24(5,6)33-19)32-23-20(35-29)18(26(8)9)11-15(2)31-23/h13-15,17,19-20,22H,11-12H2,1-10H3;13-16,18,20-21,23H,11-12H2,1-10H3/t14?,15-,17?,19+,20+,22-,24?,25+;14-,15?,16+,18?,20-,21-,23+,25-/m01/s1. The van der Waals surface area contributed by atoms with E-state index in [9.17, 15) is 28.3 Å². The summed E-state index contributed by atoms with van der Waals surface area (Å²) in [7, 11) is 10.4. The summed E-state index contributed by atoms with van der Waals surface area (Å²) >= 11 is 0. The van der Waals surface area contributed by atoms with Crippen LogP contribution in [0.25, 0.3) is 0 Å². The van der Waals surface area contributed by atoms with Crippen molar-refractivity contribution < 1.29 is 80.1 Å². The molecule has 0 aromatic carbocycles. The van der Waals surface area contributed by atoms with Gasteiger partial charge >= 0.3 is 11.9 Å². The minimum Gasteiger partial charge on any atom is -0.456 e. The van der Waals surface area contributed by atoms with Gasteiger partial charge in [-0.25, -0.2) is 14.0 Å². The summed E-state index contributed by atoms with van der Waals surface area (Å²) in [5, 5.41) is 0. The maximum atomic E-state index is 15.1. The molecule has 4 rings (SSSR count). The van der Waals surface area contributed by atoms with Crippen molar-refractivity contribution in [1.82, 2.24) is 9.80 Å². The Morgan fingerprint density at radius 3 is 1.38 bits per heavy atom. The maximum absolute atomic E-state index is 15.1. The number of nitrogens with zero attached hydrogens (tertiary/aromatic N) is 2. The Morgan fingerprint density at radius 2 is 1.07 bits per heavy atom. The van der Waals surface area contributed by atoms with E-state index in [2.05, 4.69) is 0 Å². The van der Waals surface area contributed by atoms with Gasteiger partial charge in [-0.2, -0.15) is 0 Å². The minimum absolute atomic E-state index is 0.0256. The molecule has 4 aliphatic rings. The number of hydrogen-bond donors (Lipinski definition) is 0. The van der Waals surface area contributed by atoms with E-state index in [1.807, 2.05) is 72.6 Å². The lowest BCUT2D eigenvalue weighted by Gasteiger charge is -2.47. The SMILES string of the molecule is CO[C@](C)(CC(C)(F)C=O)[C@H](O[C@@H]1OC(C)CC(N(C)C)[C@H]1P=O)[C@@H](C)C1=C(C)C(=O)OC(C)(C)O1.CO[C@](C)(C[C@@H](C)C=O)[C@H](O[C@@H]1OC(C)CC(N(C)C)[C@H]1P=O)[C@@H](C)C1=C(C)C(=O)OC(C)(C)O1. The molecule has 0 N–H and O–H groups in total. The molecule has 4 aliphatic heterocycles. The predicted molar refractivity (Wildman–Crippen MR) is 262 cm³/mol. The fourth-order valence-electron chi connectivity index (χ4n) is 10.1. The summed E-state index contributed by atoms with van der Waals surface area (Å²) in [6.07, 6.45) is -1.24. The first-order valence-electron chi connectivity index (χ1n) is 24.3. The average Bonchev–Trinajstić information content (AvgIpc) is 3.28. The molecular weight excluding hydrogens is 965 g/mol. The second-order valence-electron chi connectivity index (χ2n) is 21.7. The molecule has 2 fully saturated rings. The third kappa shape index (κ3) is 15.6. The minimum atomic E-state index is -2.22. The van der Waals surface area contributed by atoms with Crippen LogP contribution >= 0.6 is 16.9 Å². The number of methoxy groups -OCH3 is 2. The highest BCUT2D eigenvalue weighted by Crippen LogP contribution is 2.44.